The molecule has 0 saturated heterocycles. The summed E-state index contributed by atoms with van der Waals surface area (Å²) in [6.07, 6.45) is 2.46. The Hall–Kier alpha value is -0.326. The van der Waals surface area contributed by atoms with Crippen molar-refractivity contribution in [2.24, 2.45) is 10.8 Å². The minimum atomic E-state index is -0.256. The quantitative estimate of drug-likeness (QED) is 0.465. The fourth-order valence-corrected chi connectivity index (χ4v) is 8.00. The van der Waals surface area contributed by atoms with E-state index in [-0.39, 0.29) is 22.0 Å². The molecule has 0 aromatic carbocycles. The third-order valence-electron chi connectivity index (χ3n) is 7.42. The van der Waals surface area contributed by atoms with Crippen LogP contribution in [0.15, 0.2) is 41.2 Å². The maximum Gasteiger partial charge on any atom is -1.00 e. The summed E-state index contributed by atoms with van der Waals surface area (Å²) in [5, 5.41) is 0. The fraction of sp³-hybridized carbons (Fsp3) is 0.636. The van der Waals surface area contributed by atoms with Crippen LogP contribution in [0.5, 0.6) is 0 Å². The Balaban J connectivity index is 0.00000288. The van der Waals surface area contributed by atoms with Gasteiger partial charge in [-0.25, -0.2) is 0 Å². The van der Waals surface area contributed by atoms with Crippen molar-refractivity contribution >= 4 is 0 Å². The molecule has 0 spiro atoms. The molecule has 2 atom stereocenters. The van der Waals surface area contributed by atoms with Crippen LogP contribution in [0.4, 0.5) is 0 Å². The van der Waals surface area contributed by atoms with Crippen molar-refractivity contribution in [1.29, 1.82) is 0 Å². The first-order valence-corrected chi connectivity index (χ1v) is 10.7. The van der Waals surface area contributed by atoms with Crippen LogP contribution in [0, 0.1) is 10.8 Å². The van der Waals surface area contributed by atoms with E-state index in [9.17, 15) is 0 Å². The van der Waals surface area contributed by atoms with Crippen LogP contribution in [-0.4, -0.2) is 0 Å². The van der Waals surface area contributed by atoms with E-state index in [0.717, 1.165) is 0 Å². The van der Waals surface area contributed by atoms with E-state index in [0.29, 0.717) is 10.8 Å². The average molecular weight is 348 g/mol. The van der Waals surface area contributed by atoms with E-state index in [4.69, 9.17) is 0 Å². The molecule has 2 unspecified atom stereocenters. The van der Waals surface area contributed by atoms with Gasteiger partial charge in [0.1, 0.15) is 0 Å². The SMILES string of the molecule is CCC1(C)C(C)=C(C)C(C)=[C]1[Ti][C]1=C(C)C(C)=C(C)C1(C)CC.[H-].[H-]. The van der Waals surface area contributed by atoms with Crippen LogP contribution < -0.4 is 0 Å². The maximum absolute atomic E-state index is 2.49. The topological polar surface area (TPSA) is 0 Å². The third kappa shape index (κ3) is 2.52. The van der Waals surface area contributed by atoms with Crippen LogP contribution in [0.1, 0.15) is 84.9 Å². The molecule has 2 aliphatic rings. The second-order valence-electron chi connectivity index (χ2n) is 8.00. The molecule has 0 N–H and O–H groups in total. The summed E-state index contributed by atoms with van der Waals surface area (Å²) in [6, 6.07) is 0. The Morgan fingerprint density at radius 2 is 0.957 bits per heavy atom. The van der Waals surface area contributed by atoms with Gasteiger partial charge in [-0.15, -0.1) is 0 Å². The number of allylic oxidation sites excluding steroid dienone is 8. The van der Waals surface area contributed by atoms with Gasteiger partial charge < -0.3 is 2.85 Å². The predicted octanol–water partition coefficient (Wildman–Crippen LogP) is 7.37. The molecule has 1 heteroatoms. The third-order valence-corrected chi connectivity index (χ3v) is 11.1. The van der Waals surface area contributed by atoms with Crippen LogP contribution in [0.25, 0.3) is 0 Å². The molecule has 0 fully saturated rings. The van der Waals surface area contributed by atoms with E-state index in [1.807, 2.05) is 0 Å². The second-order valence-corrected chi connectivity index (χ2v) is 9.95. The van der Waals surface area contributed by atoms with E-state index < -0.39 is 0 Å². The Morgan fingerprint density at radius 3 is 1.22 bits per heavy atom. The normalized spacial score (nSPS) is 31.9. The molecule has 130 valence electrons. The Morgan fingerprint density at radius 1 is 0.652 bits per heavy atom. The predicted molar refractivity (Wildman–Crippen MR) is 101 cm³/mol. The zero-order chi connectivity index (χ0) is 17.7. The summed E-state index contributed by atoms with van der Waals surface area (Å²) >= 11 is -0.256. The largest absolute Gasteiger partial charge is 1.00 e. The van der Waals surface area contributed by atoms with Gasteiger partial charge in [0.2, 0.25) is 0 Å². The summed E-state index contributed by atoms with van der Waals surface area (Å²) in [4.78, 5) is 0. The Labute approximate surface area is 156 Å². The molecule has 0 nitrogen and oxygen atoms in total. The molecule has 0 aromatic heterocycles. The van der Waals surface area contributed by atoms with Gasteiger partial charge in [-0.3, -0.25) is 0 Å². The van der Waals surface area contributed by atoms with Gasteiger partial charge in [0, 0.05) is 0 Å². The smallest absolute Gasteiger partial charge is 1.00 e. The zero-order valence-corrected chi connectivity index (χ0v) is 18.5. The van der Waals surface area contributed by atoms with E-state index in [1.54, 1.807) is 41.2 Å². The summed E-state index contributed by atoms with van der Waals surface area (Å²) in [6.45, 7) is 23.9. The molecule has 0 bridgehead atoms. The molecule has 0 amide bonds. The van der Waals surface area contributed by atoms with Crippen molar-refractivity contribution < 1.29 is 22.0 Å². The van der Waals surface area contributed by atoms with Gasteiger partial charge >= 0.3 is 153 Å². The van der Waals surface area contributed by atoms with Crippen molar-refractivity contribution in [3.63, 3.8) is 0 Å². The van der Waals surface area contributed by atoms with E-state index >= 15 is 0 Å². The van der Waals surface area contributed by atoms with Crippen LogP contribution in [0.3, 0.4) is 0 Å². The molecule has 23 heavy (non-hydrogen) atoms. The van der Waals surface area contributed by atoms with Gasteiger partial charge in [0.15, 0.2) is 0 Å². The van der Waals surface area contributed by atoms with Crippen molar-refractivity contribution in [1.82, 2.24) is 0 Å². The van der Waals surface area contributed by atoms with Gasteiger partial charge in [-0.1, -0.05) is 0 Å². The van der Waals surface area contributed by atoms with Gasteiger partial charge in [0.05, 0.1) is 0 Å². The van der Waals surface area contributed by atoms with Gasteiger partial charge in [0.25, 0.3) is 0 Å². The van der Waals surface area contributed by atoms with Crippen LogP contribution >= 0.6 is 0 Å². The second kappa shape index (κ2) is 6.19. The van der Waals surface area contributed by atoms with Crippen molar-refractivity contribution in [3.8, 4) is 0 Å². The molecule has 0 heterocycles. The first-order chi connectivity index (χ1) is 10.6. The van der Waals surface area contributed by atoms with Crippen LogP contribution in [0.2, 0.25) is 0 Å². The number of hydrogen-bond acceptors (Lipinski definition) is 0. The molecular formula is C22H36Ti-2. The molecule has 2 aliphatic carbocycles. The minimum absolute atomic E-state index is 0. The standard InChI is InChI=1S/2C11H17.Ti.2H/c2*1-6-11(5)7-8(2)9(3)10(11)4;;;/h2*6H2,1-5H3;;;/q;;;2*-1. The number of hydrogen-bond donors (Lipinski definition) is 0. The number of rotatable bonds is 4. The molecule has 2 rings (SSSR count). The summed E-state index contributed by atoms with van der Waals surface area (Å²) < 4.78 is 3.60. The molecule has 0 aliphatic heterocycles. The molecular weight excluding hydrogens is 312 g/mol. The van der Waals surface area contributed by atoms with E-state index in [1.165, 1.54) is 12.8 Å². The monoisotopic (exact) mass is 348 g/mol. The molecule has 0 saturated carbocycles. The first-order valence-electron chi connectivity index (χ1n) is 9.12. The van der Waals surface area contributed by atoms with Gasteiger partial charge in [-0.2, -0.15) is 0 Å². The average Bonchev–Trinajstić information content (AvgIpc) is 2.81. The fourth-order valence-electron chi connectivity index (χ4n) is 4.44. The first kappa shape index (κ1) is 19.0. The molecule has 0 aromatic rings. The summed E-state index contributed by atoms with van der Waals surface area (Å²) in [7, 11) is 0. The van der Waals surface area contributed by atoms with Crippen molar-refractivity contribution in [2.75, 3.05) is 0 Å². The Kier molecular flexibility index (Phi) is 5.12. The minimum Gasteiger partial charge on any atom is -1.00 e. The summed E-state index contributed by atoms with van der Waals surface area (Å²) in [5.41, 5.74) is 10.2. The van der Waals surface area contributed by atoms with Crippen LogP contribution in [-0.2, 0) is 19.2 Å². The molecule has 0 radical (unpaired) electrons. The maximum atomic E-state index is 2.49. The summed E-state index contributed by atoms with van der Waals surface area (Å²) in [5.74, 6) is 0. The van der Waals surface area contributed by atoms with Gasteiger partial charge in [-0.05, 0) is 0 Å². The van der Waals surface area contributed by atoms with Crippen molar-refractivity contribution in [2.45, 2.75) is 82.1 Å². The van der Waals surface area contributed by atoms with Crippen molar-refractivity contribution in [3.05, 3.63) is 41.2 Å². The zero-order valence-electron chi connectivity index (χ0n) is 18.9. The van der Waals surface area contributed by atoms with E-state index in [2.05, 4.69) is 69.2 Å². The Bertz CT molecular complexity index is 620.